The Balaban J connectivity index is 1.84. The fraction of sp³-hybridized carbons (Fsp3) is 0.524. The molecule has 1 amide bonds. The molecule has 29 heavy (non-hydrogen) atoms. The molecule has 1 fully saturated rings. The second kappa shape index (κ2) is 8.73. The van der Waals surface area contributed by atoms with Crippen LogP contribution in [0.2, 0.25) is 0 Å². The molecule has 3 rings (SSSR count). The van der Waals surface area contributed by atoms with E-state index in [1.807, 2.05) is 0 Å². The van der Waals surface area contributed by atoms with Gasteiger partial charge in [0.2, 0.25) is 0 Å². The van der Waals surface area contributed by atoms with E-state index in [2.05, 4.69) is 0 Å². The predicted octanol–water partition coefficient (Wildman–Crippen LogP) is 2.50. The number of nitrogens with zero attached hydrogens (tertiary/aromatic N) is 1. The van der Waals surface area contributed by atoms with E-state index in [0.29, 0.717) is 35.5 Å². The topological polar surface area (TPSA) is 83.5 Å². The van der Waals surface area contributed by atoms with Crippen LogP contribution in [0, 0.1) is 5.92 Å². The Labute approximate surface area is 170 Å². The van der Waals surface area contributed by atoms with E-state index in [0.717, 1.165) is 0 Å². The largest absolute Gasteiger partial charge is 0.496 e. The van der Waals surface area contributed by atoms with Crippen molar-refractivity contribution in [2.45, 2.75) is 31.2 Å². The number of ketones is 1. The number of ether oxygens (including phenoxy) is 5. The first-order chi connectivity index (χ1) is 13.9. The average Bonchev–Trinajstić information content (AvgIpc) is 2.72. The standard InChI is InChI=1S/C21H27NO7/c1-22(2)21(24)29-13-9-17(27-5)19-18(10-13)28-11-14(20(19)23)12-6-7-15(25-3)16(8-12)26-4/h6-8,11,13,17-19H,9-10H2,1-5H3. The van der Waals surface area contributed by atoms with E-state index in [9.17, 15) is 9.59 Å². The molecule has 1 saturated carbocycles. The molecule has 4 atom stereocenters. The van der Waals surface area contributed by atoms with Gasteiger partial charge in [0.1, 0.15) is 12.2 Å². The number of methoxy groups -OCH3 is 3. The summed E-state index contributed by atoms with van der Waals surface area (Å²) in [5, 5.41) is 0. The molecule has 0 radical (unpaired) electrons. The lowest BCUT2D eigenvalue weighted by atomic mass is 9.75. The zero-order valence-electron chi connectivity index (χ0n) is 17.3. The monoisotopic (exact) mass is 405 g/mol. The summed E-state index contributed by atoms with van der Waals surface area (Å²) >= 11 is 0. The maximum Gasteiger partial charge on any atom is 0.409 e. The molecular formula is C21H27NO7. The van der Waals surface area contributed by atoms with Gasteiger partial charge < -0.3 is 28.6 Å². The summed E-state index contributed by atoms with van der Waals surface area (Å²) in [6, 6.07) is 5.29. The fourth-order valence-electron chi connectivity index (χ4n) is 3.82. The zero-order chi connectivity index (χ0) is 21.1. The van der Waals surface area contributed by atoms with Crippen LogP contribution in [-0.4, -0.2) is 70.5 Å². The Morgan fingerprint density at radius 2 is 1.83 bits per heavy atom. The molecule has 2 aliphatic rings. The summed E-state index contributed by atoms with van der Waals surface area (Å²) < 4.78 is 27.6. The Kier molecular flexibility index (Phi) is 6.32. The number of benzene rings is 1. The molecule has 1 heterocycles. The van der Waals surface area contributed by atoms with Crippen LogP contribution in [0.25, 0.3) is 5.57 Å². The van der Waals surface area contributed by atoms with Gasteiger partial charge in [-0.15, -0.1) is 0 Å². The normalized spacial score (nSPS) is 26.0. The van der Waals surface area contributed by atoms with Crippen molar-refractivity contribution in [1.29, 1.82) is 0 Å². The second-order valence-corrected chi connectivity index (χ2v) is 7.31. The van der Waals surface area contributed by atoms with Crippen LogP contribution in [0.3, 0.4) is 0 Å². The molecular weight excluding hydrogens is 378 g/mol. The number of allylic oxidation sites excluding steroid dienone is 1. The molecule has 8 nitrogen and oxygen atoms in total. The van der Waals surface area contributed by atoms with Crippen molar-refractivity contribution in [2.24, 2.45) is 5.92 Å². The average molecular weight is 405 g/mol. The van der Waals surface area contributed by atoms with Crippen molar-refractivity contribution < 1.29 is 33.3 Å². The first-order valence-corrected chi connectivity index (χ1v) is 9.42. The lowest BCUT2D eigenvalue weighted by Crippen LogP contribution is -2.50. The Hall–Kier alpha value is -2.74. The van der Waals surface area contributed by atoms with Gasteiger partial charge in [0.25, 0.3) is 0 Å². The molecule has 0 saturated heterocycles. The minimum absolute atomic E-state index is 0.0577. The number of carbonyl (C=O) groups excluding carboxylic acids is 2. The van der Waals surface area contributed by atoms with Crippen LogP contribution in [0.4, 0.5) is 4.79 Å². The maximum absolute atomic E-state index is 13.3. The minimum Gasteiger partial charge on any atom is -0.496 e. The number of hydrogen-bond acceptors (Lipinski definition) is 7. The number of Topliss-reactive ketones (excluding diaryl/α,β-unsaturated/α-hetero) is 1. The summed E-state index contributed by atoms with van der Waals surface area (Å²) in [4.78, 5) is 26.6. The van der Waals surface area contributed by atoms with Crippen molar-refractivity contribution in [2.75, 3.05) is 35.4 Å². The van der Waals surface area contributed by atoms with Gasteiger partial charge in [-0.25, -0.2) is 4.79 Å². The first-order valence-electron chi connectivity index (χ1n) is 9.42. The molecule has 1 aromatic carbocycles. The van der Waals surface area contributed by atoms with Gasteiger partial charge in [-0.3, -0.25) is 4.79 Å². The molecule has 4 unspecified atom stereocenters. The van der Waals surface area contributed by atoms with E-state index >= 15 is 0 Å². The molecule has 0 bridgehead atoms. The number of fused-ring (bicyclic) bond motifs is 1. The smallest absolute Gasteiger partial charge is 0.409 e. The van der Waals surface area contributed by atoms with Crippen molar-refractivity contribution in [3.05, 3.63) is 30.0 Å². The van der Waals surface area contributed by atoms with Gasteiger partial charge in [0.15, 0.2) is 17.3 Å². The van der Waals surface area contributed by atoms with E-state index in [-0.39, 0.29) is 11.9 Å². The highest BCUT2D eigenvalue weighted by atomic mass is 16.6. The van der Waals surface area contributed by atoms with Crippen molar-refractivity contribution in [3.63, 3.8) is 0 Å². The molecule has 0 spiro atoms. The predicted molar refractivity (Wildman–Crippen MR) is 105 cm³/mol. The molecule has 158 valence electrons. The molecule has 1 aliphatic carbocycles. The SMILES string of the molecule is COc1ccc(C2=COC3CC(OC(=O)N(C)C)CC(OC)C3C2=O)cc1OC. The number of rotatable bonds is 5. The van der Waals surface area contributed by atoms with Gasteiger partial charge in [-0.1, -0.05) is 6.07 Å². The van der Waals surface area contributed by atoms with Gasteiger partial charge in [-0.2, -0.15) is 0 Å². The summed E-state index contributed by atoms with van der Waals surface area (Å²) in [6.45, 7) is 0. The summed E-state index contributed by atoms with van der Waals surface area (Å²) in [5.41, 5.74) is 1.14. The first kappa shape index (κ1) is 21.0. The molecule has 8 heteroatoms. The van der Waals surface area contributed by atoms with Crippen LogP contribution in [0.1, 0.15) is 18.4 Å². The van der Waals surface area contributed by atoms with Gasteiger partial charge in [0, 0.05) is 34.0 Å². The van der Waals surface area contributed by atoms with Crippen LogP contribution in [0.15, 0.2) is 24.5 Å². The molecule has 1 aliphatic heterocycles. The second-order valence-electron chi connectivity index (χ2n) is 7.31. The lowest BCUT2D eigenvalue weighted by Gasteiger charge is -2.41. The Morgan fingerprint density at radius 3 is 2.45 bits per heavy atom. The van der Waals surface area contributed by atoms with Crippen LogP contribution >= 0.6 is 0 Å². The highest BCUT2D eigenvalue weighted by molar-refractivity contribution is 6.22. The van der Waals surface area contributed by atoms with Gasteiger partial charge in [0.05, 0.1) is 38.1 Å². The Bertz CT molecular complexity index is 804. The van der Waals surface area contributed by atoms with Crippen LogP contribution < -0.4 is 9.47 Å². The summed E-state index contributed by atoms with van der Waals surface area (Å²) in [7, 11) is 7.91. The molecule has 0 N–H and O–H groups in total. The van der Waals surface area contributed by atoms with E-state index in [1.54, 1.807) is 53.6 Å². The van der Waals surface area contributed by atoms with E-state index in [4.69, 9.17) is 23.7 Å². The third kappa shape index (κ3) is 4.17. The van der Waals surface area contributed by atoms with Crippen molar-refractivity contribution in [1.82, 2.24) is 4.90 Å². The third-order valence-corrected chi connectivity index (χ3v) is 5.35. The van der Waals surface area contributed by atoms with Crippen molar-refractivity contribution >= 4 is 17.4 Å². The molecule has 1 aromatic rings. The quantitative estimate of drug-likeness (QED) is 0.744. The number of amides is 1. The van der Waals surface area contributed by atoms with Crippen LogP contribution in [0.5, 0.6) is 11.5 Å². The Morgan fingerprint density at radius 1 is 1.10 bits per heavy atom. The lowest BCUT2D eigenvalue weighted by molar-refractivity contribution is -0.141. The van der Waals surface area contributed by atoms with Crippen molar-refractivity contribution in [3.8, 4) is 11.5 Å². The van der Waals surface area contributed by atoms with Crippen LogP contribution in [-0.2, 0) is 19.0 Å². The van der Waals surface area contributed by atoms with Gasteiger partial charge >= 0.3 is 6.09 Å². The number of carbonyl (C=O) groups is 2. The fourth-order valence-corrected chi connectivity index (χ4v) is 3.82. The van der Waals surface area contributed by atoms with E-state index < -0.39 is 24.2 Å². The summed E-state index contributed by atoms with van der Waals surface area (Å²) in [5.74, 6) is 0.584. The molecule has 0 aromatic heterocycles. The highest BCUT2D eigenvalue weighted by Crippen LogP contribution is 2.40. The minimum atomic E-state index is -0.470. The highest BCUT2D eigenvalue weighted by Gasteiger charge is 2.47. The third-order valence-electron chi connectivity index (χ3n) is 5.35. The maximum atomic E-state index is 13.3. The zero-order valence-corrected chi connectivity index (χ0v) is 17.3. The summed E-state index contributed by atoms with van der Waals surface area (Å²) in [6.07, 6.45) is 0.729. The number of hydrogen-bond donors (Lipinski definition) is 0. The van der Waals surface area contributed by atoms with Gasteiger partial charge in [-0.05, 0) is 17.7 Å². The van der Waals surface area contributed by atoms with E-state index in [1.165, 1.54) is 11.2 Å².